The SMILES string of the molecule is Cc1noc(C)c1CN1C(=O)[C@@H]2CC[C@H]1CN(CCCn1ccnc1C)C2. The van der Waals surface area contributed by atoms with Gasteiger partial charge in [-0.25, -0.2) is 4.98 Å². The van der Waals surface area contributed by atoms with Gasteiger partial charge < -0.3 is 18.9 Å². The molecule has 3 saturated heterocycles. The summed E-state index contributed by atoms with van der Waals surface area (Å²) in [5.41, 5.74) is 1.96. The molecule has 27 heavy (non-hydrogen) atoms. The van der Waals surface area contributed by atoms with Gasteiger partial charge in [0, 0.05) is 43.6 Å². The Kier molecular flexibility index (Phi) is 5.04. The van der Waals surface area contributed by atoms with Gasteiger partial charge in [0.1, 0.15) is 11.6 Å². The summed E-state index contributed by atoms with van der Waals surface area (Å²) in [4.78, 5) is 21.9. The van der Waals surface area contributed by atoms with Crippen molar-refractivity contribution in [3.8, 4) is 0 Å². The van der Waals surface area contributed by atoms with Crippen molar-refractivity contribution >= 4 is 5.91 Å². The molecule has 0 aliphatic carbocycles. The van der Waals surface area contributed by atoms with Crippen LogP contribution in [0.5, 0.6) is 0 Å². The minimum absolute atomic E-state index is 0.124. The quantitative estimate of drug-likeness (QED) is 0.779. The normalized spacial score (nSPS) is 23.2. The van der Waals surface area contributed by atoms with Crippen LogP contribution in [0.1, 0.15) is 42.1 Å². The molecule has 2 aromatic rings. The zero-order valence-corrected chi connectivity index (χ0v) is 16.5. The molecule has 7 nitrogen and oxygen atoms in total. The number of hydrogen-bond donors (Lipinski definition) is 0. The van der Waals surface area contributed by atoms with E-state index >= 15 is 0 Å². The molecule has 0 aromatic carbocycles. The molecule has 3 aliphatic heterocycles. The monoisotopic (exact) mass is 371 g/mol. The van der Waals surface area contributed by atoms with E-state index in [0.717, 1.165) is 68.3 Å². The van der Waals surface area contributed by atoms with Gasteiger partial charge in [0.05, 0.1) is 18.2 Å². The van der Waals surface area contributed by atoms with Gasteiger partial charge in [0.25, 0.3) is 0 Å². The van der Waals surface area contributed by atoms with Crippen LogP contribution in [0.15, 0.2) is 16.9 Å². The average Bonchev–Trinajstić information content (AvgIpc) is 3.07. The number of hydrogen-bond acceptors (Lipinski definition) is 5. The Morgan fingerprint density at radius 3 is 2.74 bits per heavy atom. The second-order valence-corrected chi connectivity index (χ2v) is 7.98. The molecular formula is C20H29N5O2. The second-order valence-electron chi connectivity index (χ2n) is 7.98. The van der Waals surface area contributed by atoms with E-state index in [9.17, 15) is 4.79 Å². The summed E-state index contributed by atoms with van der Waals surface area (Å²) in [5, 5.41) is 4.05. The topological polar surface area (TPSA) is 67.4 Å². The van der Waals surface area contributed by atoms with Crippen LogP contribution in [-0.2, 0) is 17.9 Å². The van der Waals surface area contributed by atoms with Crippen molar-refractivity contribution in [2.45, 2.75) is 59.2 Å². The fourth-order valence-corrected chi connectivity index (χ4v) is 4.52. The molecule has 5 heterocycles. The lowest BCUT2D eigenvalue weighted by molar-refractivity contribution is -0.140. The van der Waals surface area contributed by atoms with Crippen LogP contribution >= 0.6 is 0 Å². The van der Waals surface area contributed by atoms with Gasteiger partial charge >= 0.3 is 0 Å². The highest BCUT2D eigenvalue weighted by Crippen LogP contribution is 2.31. The van der Waals surface area contributed by atoms with Gasteiger partial charge in [-0.3, -0.25) is 4.79 Å². The van der Waals surface area contributed by atoms with Crippen LogP contribution < -0.4 is 0 Å². The lowest BCUT2D eigenvalue weighted by atomic mass is 9.93. The van der Waals surface area contributed by atoms with Gasteiger partial charge in [-0.2, -0.15) is 0 Å². The lowest BCUT2D eigenvalue weighted by Crippen LogP contribution is -2.47. The Bertz CT molecular complexity index is 792. The van der Waals surface area contributed by atoms with Crippen molar-refractivity contribution in [2.75, 3.05) is 19.6 Å². The molecule has 5 rings (SSSR count). The minimum atomic E-state index is 0.124. The maximum absolute atomic E-state index is 13.0. The van der Waals surface area contributed by atoms with Crippen molar-refractivity contribution < 1.29 is 9.32 Å². The van der Waals surface area contributed by atoms with Crippen molar-refractivity contribution in [3.05, 3.63) is 35.2 Å². The molecule has 0 radical (unpaired) electrons. The third kappa shape index (κ3) is 3.65. The molecule has 7 heteroatoms. The van der Waals surface area contributed by atoms with E-state index in [1.54, 1.807) is 0 Å². The van der Waals surface area contributed by atoms with E-state index in [2.05, 4.69) is 24.5 Å². The van der Waals surface area contributed by atoms with Crippen molar-refractivity contribution in [1.82, 2.24) is 24.5 Å². The van der Waals surface area contributed by atoms with Crippen molar-refractivity contribution in [2.24, 2.45) is 5.92 Å². The molecular weight excluding hydrogens is 342 g/mol. The number of rotatable bonds is 6. The van der Waals surface area contributed by atoms with Crippen LogP contribution in [0.3, 0.4) is 0 Å². The zero-order valence-electron chi connectivity index (χ0n) is 16.5. The third-order valence-electron chi connectivity index (χ3n) is 6.18. The van der Waals surface area contributed by atoms with Crippen LogP contribution in [-0.4, -0.2) is 56.1 Å². The minimum Gasteiger partial charge on any atom is -0.361 e. The van der Waals surface area contributed by atoms with Gasteiger partial charge in [0.15, 0.2) is 0 Å². The highest BCUT2D eigenvalue weighted by molar-refractivity contribution is 5.80. The zero-order chi connectivity index (χ0) is 19.0. The van der Waals surface area contributed by atoms with Crippen LogP contribution in [0.2, 0.25) is 0 Å². The smallest absolute Gasteiger partial charge is 0.227 e. The first-order chi connectivity index (χ1) is 13.0. The molecule has 1 amide bonds. The Balaban J connectivity index is 1.40. The van der Waals surface area contributed by atoms with E-state index in [1.807, 2.05) is 33.2 Å². The number of carbonyl (C=O) groups excluding carboxylic acids is 1. The predicted octanol–water partition coefficient (Wildman–Crippen LogP) is 2.31. The Hall–Kier alpha value is -2.15. The fraction of sp³-hybridized carbons (Fsp3) is 0.650. The largest absolute Gasteiger partial charge is 0.361 e. The average molecular weight is 371 g/mol. The molecule has 3 aliphatic rings. The van der Waals surface area contributed by atoms with Gasteiger partial charge in [0.2, 0.25) is 5.91 Å². The summed E-state index contributed by atoms with van der Waals surface area (Å²) in [6.07, 6.45) is 7.08. The van der Waals surface area contributed by atoms with Crippen LogP contribution in [0, 0.1) is 26.7 Å². The first-order valence-electron chi connectivity index (χ1n) is 9.95. The van der Waals surface area contributed by atoms with Crippen LogP contribution in [0.25, 0.3) is 0 Å². The van der Waals surface area contributed by atoms with E-state index in [0.29, 0.717) is 18.5 Å². The number of carbonyl (C=O) groups is 1. The van der Waals surface area contributed by atoms with Crippen LogP contribution in [0.4, 0.5) is 0 Å². The number of nitrogens with zero attached hydrogens (tertiary/aromatic N) is 5. The summed E-state index contributed by atoms with van der Waals surface area (Å²) in [6, 6.07) is 0.292. The highest BCUT2D eigenvalue weighted by atomic mass is 16.5. The summed E-state index contributed by atoms with van der Waals surface area (Å²) < 4.78 is 7.49. The molecule has 2 bridgehead atoms. The maximum atomic E-state index is 13.0. The standard InChI is InChI=1S/C20H29N5O2/c1-14-19(15(2)27-22-14)13-25-18-6-5-17(20(25)26)11-23(12-18)8-4-9-24-10-7-21-16(24)3/h7,10,17-18H,4-6,8-9,11-13H2,1-3H3/t17-,18+/m1/s1. The second kappa shape index (κ2) is 7.46. The molecule has 0 unspecified atom stereocenters. The molecule has 0 spiro atoms. The Morgan fingerprint density at radius 2 is 2.04 bits per heavy atom. The summed E-state index contributed by atoms with van der Waals surface area (Å²) in [7, 11) is 0. The number of fused-ring (bicyclic) bond motifs is 4. The molecule has 2 atom stereocenters. The summed E-state index contributed by atoms with van der Waals surface area (Å²) >= 11 is 0. The number of amides is 1. The molecule has 0 saturated carbocycles. The molecule has 0 N–H and O–H groups in total. The summed E-state index contributed by atoms with van der Waals surface area (Å²) in [6.45, 7) is 10.4. The third-order valence-corrected chi connectivity index (χ3v) is 6.18. The van der Waals surface area contributed by atoms with Gasteiger partial charge in [-0.15, -0.1) is 0 Å². The lowest BCUT2D eigenvalue weighted by Gasteiger charge is -2.36. The molecule has 3 fully saturated rings. The number of piperidine rings is 1. The Labute approximate surface area is 160 Å². The van der Waals surface area contributed by atoms with Gasteiger partial charge in [-0.05, 0) is 46.6 Å². The van der Waals surface area contributed by atoms with E-state index in [-0.39, 0.29) is 5.92 Å². The van der Waals surface area contributed by atoms with E-state index in [1.165, 1.54) is 0 Å². The number of aryl methyl sites for hydroxylation is 4. The summed E-state index contributed by atoms with van der Waals surface area (Å²) in [5.74, 6) is 2.32. The first-order valence-corrected chi connectivity index (χ1v) is 9.95. The maximum Gasteiger partial charge on any atom is 0.227 e. The predicted molar refractivity (Wildman–Crippen MR) is 101 cm³/mol. The number of aromatic nitrogens is 3. The Morgan fingerprint density at radius 1 is 1.19 bits per heavy atom. The number of imidazole rings is 1. The van der Waals surface area contributed by atoms with Crippen molar-refractivity contribution in [3.63, 3.8) is 0 Å². The molecule has 2 aromatic heterocycles. The van der Waals surface area contributed by atoms with Gasteiger partial charge in [-0.1, -0.05) is 5.16 Å². The van der Waals surface area contributed by atoms with E-state index < -0.39 is 0 Å². The van der Waals surface area contributed by atoms with E-state index in [4.69, 9.17) is 4.52 Å². The fourth-order valence-electron chi connectivity index (χ4n) is 4.52. The highest BCUT2D eigenvalue weighted by Gasteiger charge is 2.40. The van der Waals surface area contributed by atoms with Crippen molar-refractivity contribution in [1.29, 1.82) is 0 Å². The first kappa shape index (κ1) is 18.2. The molecule has 146 valence electrons.